The number of hydrogen-bond donors (Lipinski definition) is 1. The molecule has 2 heterocycles. The maximum atomic E-state index is 5.93. The lowest BCUT2D eigenvalue weighted by atomic mass is 9.98. The highest BCUT2D eigenvalue weighted by molar-refractivity contribution is 5.20. The predicted octanol–water partition coefficient (Wildman–Crippen LogP) is 2.20. The molecule has 0 radical (unpaired) electrons. The third kappa shape index (κ3) is 2.69. The molecule has 2 saturated heterocycles. The molecule has 0 aliphatic carbocycles. The van der Waals surface area contributed by atoms with Crippen LogP contribution in [0.5, 0.6) is 0 Å². The summed E-state index contributed by atoms with van der Waals surface area (Å²) >= 11 is 0. The second-order valence-corrected chi connectivity index (χ2v) is 5.83. The number of morpholine rings is 1. The zero-order valence-corrected chi connectivity index (χ0v) is 11.9. The lowest BCUT2D eigenvalue weighted by Crippen LogP contribution is -2.50. The molecule has 4 atom stereocenters. The SMILES string of the molecule is CNC(c1ccccc1)C(C)N1CC2CCC(C1)O2. The summed E-state index contributed by atoms with van der Waals surface area (Å²) in [6.45, 7) is 4.50. The fourth-order valence-electron chi connectivity index (χ4n) is 3.54. The van der Waals surface area contributed by atoms with Crippen LogP contribution in [0.4, 0.5) is 0 Å². The fourth-order valence-corrected chi connectivity index (χ4v) is 3.54. The first kappa shape index (κ1) is 13.1. The second kappa shape index (κ2) is 5.61. The zero-order valence-electron chi connectivity index (χ0n) is 11.9. The number of benzene rings is 1. The van der Waals surface area contributed by atoms with E-state index in [-0.39, 0.29) is 0 Å². The Kier molecular flexibility index (Phi) is 3.87. The van der Waals surface area contributed by atoms with E-state index in [0.717, 1.165) is 13.1 Å². The van der Waals surface area contributed by atoms with Crippen molar-refractivity contribution in [2.24, 2.45) is 0 Å². The van der Waals surface area contributed by atoms with Gasteiger partial charge in [-0.25, -0.2) is 0 Å². The Hall–Kier alpha value is -0.900. The van der Waals surface area contributed by atoms with Gasteiger partial charge in [0.05, 0.1) is 12.2 Å². The number of fused-ring (bicyclic) bond motifs is 2. The van der Waals surface area contributed by atoms with Gasteiger partial charge in [-0.05, 0) is 32.4 Å². The number of rotatable bonds is 4. The van der Waals surface area contributed by atoms with Crippen molar-refractivity contribution in [1.29, 1.82) is 0 Å². The van der Waals surface area contributed by atoms with Gasteiger partial charge in [0.25, 0.3) is 0 Å². The third-order valence-corrected chi connectivity index (χ3v) is 4.60. The monoisotopic (exact) mass is 260 g/mol. The van der Waals surface area contributed by atoms with Gasteiger partial charge < -0.3 is 10.1 Å². The highest BCUT2D eigenvalue weighted by Crippen LogP contribution is 2.30. The summed E-state index contributed by atoms with van der Waals surface area (Å²) in [5.74, 6) is 0. The molecule has 2 aliphatic rings. The maximum Gasteiger partial charge on any atom is 0.0707 e. The molecule has 0 spiro atoms. The van der Waals surface area contributed by atoms with Gasteiger partial charge in [0.1, 0.15) is 0 Å². The summed E-state index contributed by atoms with van der Waals surface area (Å²) in [5, 5.41) is 3.48. The van der Waals surface area contributed by atoms with Crippen LogP contribution in [-0.4, -0.2) is 43.3 Å². The molecular formula is C16H24N2O. The number of nitrogens with one attached hydrogen (secondary N) is 1. The smallest absolute Gasteiger partial charge is 0.0707 e. The average molecular weight is 260 g/mol. The molecule has 2 aliphatic heterocycles. The Morgan fingerprint density at radius 2 is 1.79 bits per heavy atom. The first-order valence-corrected chi connectivity index (χ1v) is 7.39. The van der Waals surface area contributed by atoms with Crippen LogP contribution in [0.25, 0.3) is 0 Å². The van der Waals surface area contributed by atoms with E-state index in [1.807, 2.05) is 0 Å². The Balaban J connectivity index is 1.73. The van der Waals surface area contributed by atoms with Crippen molar-refractivity contribution in [3.8, 4) is 0 Å². The number of likely N-dealkylation sites (tertiary alicyclic amines) is 1. The molecule has 19 heavy (non-hydrogen) atoms. The van der Waals surface area contributed by atoms with Crippen molar-refractivity contribution in [2.45, 2.75) is 44.1 Å². The predicted molar refractivity (Wildman–Crippen MR) is 77.2 cm³/mol. The molecule has 2 bridgehead atoms. The van der Waals surface area contributed by atoms with Crippen LogP contribution in [0, 0.1) is 0 Å². The van der Waals surface area contributed by atoms with Gasteiger partial charge in [0.15, 0.2) is 0 Å². The van der Waals surface area contributed by atoms with E-state index in [1.165, 1.54) is 18.4 Å². The topological polar surface area (TPSA) is 24.5 Å². The molecule has 1 N–H and O–H groups in total. The van der Waals surface area contributed by atoms with Crippen molar-refractivity contribution in [2.75, 3.05) is 20.1 Å². The van der Waals surface area contributed by atoms with Gasteiger partial charge in [-0.1, -0.05) is 30.3 Å². The molecule has 3 nitrogen and oxygen atoms in total. The second-order valence-electron chi connectivity index (χ2n) is 5.83. The van der Waals surface area contributed by atoms with Gasteiger partial charge in [0.2, 0.25) is 0 Å². The van der Waals surface area contributed by atoms with E-state index in [2.05, 4.69) is 54.5 Å². The Morgan fingerprint density at radius 3 is 2.37 bits per heavy atom. The first-order valence-electron chi connectivity index (χ1n) is 7.39. The Labute approximate surface area is 115 Å². The molecule has 1 aromatic rings. The van der Waals surface area contributed by atoms with Crippen LogP contribution in [0.1, 0.15) is 31.4 Å². The lowest BCUT2D eigenvalue weighted by Gasteiger charge is -2.40. The summed E-state index contributed by atoms with van der Waals surface area (Å²) in [7, 11) is 2.06. The quantitative estimate of drug-likeness (QED) is 0.898. The van der Waals surface area contributed by atoms with Crippen molar-refractivity contribution in [3.63, 3.8) is 0 Å². The molecule has 104 valence electrons. The summed E-state index contributed by atoms with van der Waals surface area (Å²) in [5.41, 5.74) is 1.37. The normalized spacial score (nSPS) is 30.2. The summed E-state index contributed by atoms with van der Waals surface area (Å²) in [4.78, 5) is 2.60. The molecule has 0 saturated carbocycles. The van der Waals surface area contributed by atoms with Crippen LogP contribution in [0.3, 0.4) is 0 Å². The number of hydrogen-bond acceptors (Lipinski definition) is 3. The van der Waals surface area contributed by atoms with Gasteiger partial charge in [-0.15, -0.1) is 0 Å². The first-order chi connectivity index (χ1) is 9.28. The van der Waals surface area contributed by atoms with Gasteiger partial charge in [0, 0.05) is 25.2 Å². The average Bonchev–Trinajstić information content (AvgIpc) is 2.79. The van der Waals surface area contributed by atoms with Gasteiger partial charge in [-0.2, -0.15) is 0 Å². The van der Waals surface area contributed by atoms with Crippen LogP contribution in [0.2, 0.25) is 0 Å². The third-order valence-electron chi connectivity index (χ3n) is 4.60. The number of likely N-dealkylation sites (N-methyl/N-ethyl adjacent to an activating group) is 1. The van der Waals surface area contributed by atoms with Crippen LogP contribution in [0.15, 0.2) is 30.3 Å². The number of ether oxygens (including phenoxy) is 1. The summed E-state index contributed by atoms with van der Waals surface area (Å²) in [6.07, 6.45) is 3.41. The van der Waals surface area contributed by atoms with Gasteiger partial charge in [-0.3, -0.25) is 4.90 Å². The highest BCUT2D eigenvalue weighted by atomic mass is 16.5. The standard InChI is InChI=1S/C16H24N2O/c1-12(16(17-2)13-6-4-3-5-7-13)18-10-14-8-9-15(11-18)19-14/h3-7,12,14-17H,8-11H2,1-2H3. The molecular weight excluding hydrogens is 236 g/mol. The Bertz CT molecular complexity index is 396. The van der Waals surface area contributed by atoms with E-state index in [1.54, 1.807) is 0 Å². The molecule has 0 aromatic heterocycles. The minimum atomic E-state index is 0.388. The van der Waals surface area contributed by atoms with Crippen LogP contribution in [-0.2, 0) is 4.74 Å². The molecule has 1 aromatic carbocycles. The molecule has 3 rings (SSSR count). The van der Waals surface area contributed by atoms with Crippen molar-refractivity contribution in [1.82, 2.24) is 10.2 Å². The minimum Gasteiger partial charge on any atom is -0.372 e. The van der Waals surface area contributed by atoms with Crippen LogP contribution < -0.4 is 5.32 Å². The summed E-state index contributed by atoms with van der Waals surface area (Å²) in [6, 6.07) is 11.6. The minimum absolute atomic E-state index is 0.388. The molecule has 2 fully saturated rings. The Morgan fingerprint density at radius 1 is 1.16 bits per heavy atom. The molecule has 3 heteroatoms. The van der Waals surface area contributed by atoms with E-state index >= 15 is 0 Å². The van der Waals surface area contributed by atoms with Crippen molar-refractivity contribution >= 4 is 0 Å². The van der Waals surface area contributed by atoms with E-state index in [4.69, 9.17) is 4.74 Å². The van der Waals surface area contributed by atoms with Crippen molar-refractivity contribution in [3.05, 3.63) is 35.9 Å². The fraction of sp³-hybridized carbons (Fsp3) is 0.625. The maximum absolute atomic E-state index is 5.93. The summed E-state index contributed by atoms with van der Waals surface area (Å²) < 4.78 is 5.93. The molecule has 0 amide bonds. The largest absolute Gasteiger partial charge is 0.372 e. The van der Waals surface area contributed by atoms with Gasteiger partial charge >= 0.3 is 0 Å². The van der Waals surface area contributed by atoms with Crippen molar-refractivity contribution < 1.29 is 4.74 Å². The number of nitrogens with zero attached hydrogens (tertiary/aromatic N) is 1. The van der Waals surface area contributed by atoms with E-state index in [9.17, 15) is 0 Å². The van der Waals surface area contributed by atoms with E-state index in [0.29, 0.717) is 24.3 Å². The van der Waals surface area contributed by atoms with Crippen LogP contribution >= 0.6 is 0 Å². The van der Waals surface area contributed by atoms with E-state index < -0.39 is 0 Å². The lowest BCUT2D eigenvalue weighted by molar-refractivity contribution is -0.0548. The zero-order chi connectivity index (χ0) is 13.2. The molecule has 4 unspecified atom stereocenters. The highest BCUT2D eigenvalue weighted by Gasteiger charge is 2.37.